The van der Waals surface area contributed by atoms with E-state index in [1.165, 1.54) is 0 Å². The number of carbonyl (C=O) groups is 1. The smallest absolute Gasteiger partial charge is 0.270 e. The highest BCUT2D eigenvalue weighted by atomic mass is 16.5. The molecule has 1 aliphatic heterocycles. The van der Waals surface area contributed by atoms with Crippen LogP contribution in [0.3, 0.4) is 0 Å². The predicted molar refractivity (Wildman–Crippen MR) is 84.1 cm³/mol. The first-order valence-corrected chi connectivity index (χ1v) is 7.85. The lowest BCUT2D eigenvalue weighted by molar-refractivity contribution is 0.0835. The second kappa shape index (κ2) is 6.04. The molecule has 1 amide bonds. The molecular formula is C16H17N5O3. The summed E-state index contributed by atoms with van der Waals surface area (Å²) in [6.07, 6.45) is 3.66. The summed E-state index contributed by atoms with van der Waals surface area (Å²) in [7, 11) is 1.89. The Morgan fingerprint density at radius 3 is 3.12 bits per heavy atom. The van der Waals surface area contributed by atoms with Crippen LogP contribution in [-0.4, -0.2) is 32.2 Å². The Morgan fingerprint density at radius 1 is 1.38 bits per heavy atom. The quantitative estimate of drug-likeness (QED) is 0.784. The van der Waals surface area contributed by atoms with E-state index in [1.807, 2.05) is 29.9 Å². The lowest BCUT2D eigenvalue weighted by Gasteiger charge is -2.03. The largest absolute Gasteiger partial charge is 0.368 e. The van der Waals surface area contributed by atoms with Crippen molar-refractivity contribution in [3.8, 4) is 0 Å². The van der Waals surface area contributed by atoms with Gasteiger partial charge in [-0.05, 0) is 31.0 Å². The zero-order valence-electron chi connectivity index (χ0n) is 13.2. The molecule has 3 aromatic rings. The van der Waals surface area contributed by atoms with Gasteiger partial charge in [0.25, 0.3) is 11.8 Å². The van der Waals surface area contributed by atoms with E-state index in [9.17, 15) is 4.79 Å². The summed E-state index contributed by atoms with van der Waals surface area (Å²) in [4.78, 5) is 20.9. The minimum Gasteiger partial charge on any atom is -0.368 e. The summed E-state index contributed by atoms with van der Waals surface area (Å²) in [5, 5.41) is 7.63. The van der Waals surface area contributed by atoms with Crippen LogP contribution in [0.5, 0.6) is 0 Å². The van der Waals surface area contributed by atoms with E-state index in [0.717, 1.165) is 23.9 Å². The first-order chi connectivity index (χ1) is 11.7. The summed E-state index contributed by atoms with van der Waals surface area (Å²) >= 11 is 0. The highest BCUT2D eigenvalue weighted by molar-refractivity contribution is 5.94. The summed E-state index contributed by atoms with van der Waals surface area (Å²) in [6, 6.07) is 5.53. The van der Waals surface area contributed by atoms with Crippen molar-refractivity contribution in [2.24, 2.45) is 7.05 Å². The van der Waals surface area contributed by atoms with Gasteiger partial charge in [-0.1, -0.05) is 5.16 Å². The molecule has 1 aliphatic rings. The maximum atomic E-state index is 12.3. The van der Waals surface area contributed by atoms with Gasteiger partial charge >= 0.3 is 0 Å². The second-order valence-corrected chi connectivity index (χ2v) is 5.77. The van der Waals surface area contributed by atoms with E-state index in [1.54, 1.807) is 6.07 Å². The minimum absolute atomic E-state index is 0.122. The van der Waals surface area contributed by atoms with Gasteiger partial charge < -0.3 is 19.1 Å². The number of nitrogens with zero attached hydrogens (tertiary/aromatic N) is 4. The molecule has 4 heterocycles. The molecule has 3 aromatic heterocycles. The van der Waals surface area contributed by atoms with Gasteiger partial charge in [0.2, 0.25) is 0 Å². The third kappa shape index (κ3) is 2.76. The number of carbonyl (C=O) groups excluding carboxylic acids is 1. The molecular weight excluding hydrogens is 310 g/mol. The van der Waals surface area contributed by atoms with E-state index in [0.29, 0.717) is 24.0 Å². The second-order valence-electron chi connectivity index (χ2n) is 5.77. The van der Waals surface area contributed by atoms with Crippen molar-refractivity contribution in [3.05, 3.63) is 41.8 Å². The molecule has 1 N–H and O–H groups in total. The molecule has 24 heavy (non-hydrogen) atoms. The zero-order valence-corrected chi connectivity index (χ0v) is 13.2. The molecule has 0 saturated carbocycles. The van der Waals surface area contributed by atoms with Gasteiger partial charge in [0.15, 0.2) is 5.82 Å². The van der Waals surface area contributed by atoms with Crippen molar-refractivity contribution in [2.75, 3.05) is 6.61 Å². The average Bonchev–Trinajstić information content (AvgIpc) is 3.33. The maximum absolute atomic E-state index is 12.3. The van der Waals surface area contributed by atoms with Gasteiger partial charge in [0.1, 0.15) is 17.4 Å². The lowest BCUT2D eigenvalue weighted by Crippen LogP contribution is -2.24. The maximum Gasteiger partial charge on any atom is 0.270 e. The number of rotatable bonds is 4. The lowest BCUT2D eigenvalue weighted by atomic mass is 10.2. The molecule has 0 spiro atoms. The monoisotopic (exact) mass is 327 g/mol. The Morgan fingerprint density at radius 2 is 2.29 bits per heavy atom. The molecule has 124 valence electrons. The van der Waals surface area contributed by atoms with Crippen LogP contribution in [0.4, 0.5) is 0 Å². The van der Waals surface area contributed by atoms with Gasteiger partial charge in [0, 0.05) is 25.2 Å². The predicted octanol–water partition coefficient (Wildman–Crippen LogP) is 1.74. The van der Waals surface area contributed by atoms with Crippen LogP contribution in [-0.2, 0) is 18.3 Å². The van der Waals surface area contributed by atoms with E-state index in [4.69, 9.17) is 9.26 Å². The number of aromatic nitrogens is 4. The highest BCUT2D eigenvalue weighted by Gasteiger charge is 2.24. The molecule has 1 atom stereocenters. The summed E-state index contributed by atoms with van der Waals surface area (Å²) in [5.41, 5.74) is 1.12. The molecule has 0 aliphatic carbocycles. The molecule has 8 heteroatoms. The summed E-state index contributed by atoms with van der Waals surface area (Å²) in [6.45, 7) is 0.897. The molecule has 1 saturated heterocycles. The van der Waals surface area contributed by atoms with Crippen molar-refractivity contribution >= 4 is 16.9 Å². The van der Waals surface area contributed by atoms with Crippen LogP contribution in [0.15, 0.2) is 28.9 Å². The first kappa shape index (κ1) is 14.8. The number of ether oxygens (including phenoxy) is 1. The van der Waals surface area contributed by atoms with Crippen LogP contribution in [0.2, 0.25) is 0 Å². The fourth-order valence-corrected chi connectivity index (χ4v) is 2.75. The Labute approximate surface area is 137 Å². The van der Waals surface area contributed by atoms with E-state index in [2.05, 4.69) is 20.4 Å². The third-order valence-electron chi connectivity index (χ3n) is 4.05. The van der Waals surface area contributed by atoms with Crippen LogP contribution < -0.4 is 5.32 Å². The zero-order chi connectivity index (χ0) is 16.5. The topological polar surface area (TPSA) is 95.1 Å². The SMILES string of the molecule is Cn1ccc2ccc(C(=O)NCc3noc(C4CCCO4)n3)nc21. The van der Waals surface area contributed by atoms with Crippen LogP contribution in [0.1, 0.15) is 41.1 Å². The van der Waals surface area contributed by atoms with Gasteiger partial charge in [-0.2, -0.15) is 4.98 Å². The van der Waals surface area contributed by atoms with Gasteiger partial charge in [-0.15, -0.1) is 0 Å². The molecule has 4 rings (SSSR count). The third-order valence-corrected chi connectivity index (χ3v) is 4.05. The summed E-state index contributed by atoms with van der Waals surface area (Å²) in [5.74, 6) is 0.621. The number of amides is 1. The van der Waals surface area contributed by atoms with Crippen molar-refractivity contribution < 1.29 is 14.1 Å². The van der Waals surface area contributed by atoms with Gasteiger partial charge in [-0.3, -0.25) is 4.79 Å². The van der Waals surface area contributed by atoms with Crippen LogP contribution in [0.25, 0.3) is 11.0 Å². The summed E-state index contributed by atoms with van der Waals surface area (Å²) < 4.78 is 12.6. The molecule has 0 aromatic carbocycles. The number of hydrogen-bond acceptors (Lipinski definition) is 6. The van der Waals surface area contributed by atoms with Crippen molar-refractivity contribution in [1.82, 2.24) is 25.0 Å². The van der Waals surface area contributed by atoms with E-state index in [-0.39, 0.29) is 18.6 Å². The van der Waals surface area contributed by atoms with Crippen molar-refractivity contribution in [2.45, 2.75) is 25.5 Å². The van der Waals surface area contributed by atoms with Gasteiger partial charge in [-0.25, -0.2) is 4.98 Å². The molecule has 0 bridgehead atoms. The highest BCUT2D eigenvalue weighted by Crippen LogP contribution is 2.26. The number of pyridine rings is 1. The number of fused-ring (bicyclic) bond motifs is 1. The Hall–Kier alpha value is -2.74. The fraction of sp³-hybridized carbons (Fsp3) is 0.375. The molecule has 1 fully saturated rings. The molecule has 1 unspecified atom stereocenters. The number of hydrogen-bond donors (Lipinski definition) is 1. The van der Waals surface area contributed by atoms with Crippen LogP contribution in [0, 0.1) is 0 Å². The first-order valence-electron chi connectivity index (χ1n) is 7.85. The fourth-order valence-electron chi connectivity index (χ4n) is 2.75. The minimum atomic E-state index is -0.276. The average molecular weight is 327 g/mol. The Kier molecular flexibility index (Phi) is 3.73. The standard InChI is InChI=1S/C16H17N5O3/c1-21-7-6-10-4-5-11(18-14(10)21)15(22)17-9-13-19-16(24-20-13)12-3-2-8-23-12/h4-7,12H,2-3,8-9H2,1H3,(H,17,22). The van der Waals surface area contributed by atoms with Crippen LogP contribution >= 0.6 is 0 Å². The van der Waals surface area contributed by atoms with Crippen molar-refractivity contribution in [3.63, 3.8) is 0 Å². The Balaban J connectivity index is 1.42. The molecule has 8 nitrogen and oxygen atoms in total. The normalized spacial score (nSPS) is 17.5. The van der Waals surface area contributed by atoms with E-state index < -0.39 is 0 Å². The number of nitrogens with one attached hydrogen (secondary N) is 1. The van der Waals surface area contributed by atoms with Crippen molar-refractivity contribution in [1.29, 1.82) is 0 Å². The number of aryl methyl sites for hydroxylation is 1. The van der Waals surface area contributed by atoms with E-state index >= 15 is 0 Å². The van der Waals surface area contributed by atoms with Gasteiger partial charge in [0.05, 0.1) is 6.54 Å². The Bertz CT molecular complexity index is 879. The molecule has 0 radical (unpaired) electrons.